The predicted octanol–water partition coefficient (Wildman–Crippen LogP) is 1.22. The third-order valence-electron chi connectivity index (χ3n) is 2.14. The van der Waals surface area contributed by atoms with Crippen molar-refractivity contribution in [1.29, 1.82) is 0 Å². The summed E-state index contributed by atoms with van der Waals surface area (Å²) >= 11 is 0. The molecule has 1 heterocycles. The SMILES string of the molecule is Nc1ncc(-c2ccc(CO)cc2)cn1. The highest BCUT2D eigenvalue weighted by Crippen LogP contribution is 2.18. The highest BCUT2D eigenvalue weighted by molar-refractivity contribution is 5.62. The molecular weight excluding hydrogens is 190 g/mol. The first-order valence-electron chi connectivity index (χ1n) is 4.57. The minimum atomic E-state index is 0.0541. The van der Waals surface area contributed by atoms with Gasteiger partial charge in [0.15, 0.2) is 0 Å². The maximum absolute atomic E-state index is 8.89. The molecular formula is C11H11N3O. The third kappa shape index (κ3) is 2.11. The summed E-state index contributed by atoms with van der Waals surface area (Å²) in [4.78, 5) is 7.83. The molecule has 0 amide bonds. The van der Waals surface area contributed by atoms with Crippen LogP contribution in [0.5, 0.6) is 0 Å². The fourth-order valence-corrected chi connectivity index (χ4v) is 1.29. The standard InChI is InChI=1S/C11H11N3O/c12-11-13-5-10(6-14-11)9-3-1-8(7-15)2-4-9/h1-6,15H,7H2,(H2,12,13,14). The molecule has 0 aliphatic heterocycles. The van der Waals surface area contributed by atoms with Crippen LogP contribution >= 0.6 is 0 Å². The molecule has 0 aliphatic rings. The molecule has 0 radical (unpaired) electrons. The van der Waals surface area contributed by atoms with Crippen LogP contribution in [0, 0.1) is 0 Å². The van der Waals surface area contributed by atoms with Crippen molar-refractivity contribution < 1.29 is 5.11 Å². The Morgan fingerprint density at radius 1 is 1.00 bits per heavy atom. The van der Waals surface area contributed by atoms with Crippen molar-refractivity contribution >= 4 is 5.95 Å². The van der Waals surface area contributed by atoms with Crippen LogP contribution in [-0.2, 0) is 6.61 Å². The molecule has 2 aromatic rings. The van der Waals surface area contributed by atoms with Gasteiger partial charge in [-0.15, -0.1) is 0 Å². The number of nitrogens with two attached hydrogens (primary N) is 1. The van der Waals surface area contributed by atoms with Crippen molar-refractivity contribution in [1.82, 2.24) is 9.97 Å². The molecule has 0 saturated heterocycles. The summed E-state index contributed by atoms with van der Waals surface area (Å²) in [6.07, 6.45) is 3.35. The van der Waals surface area contributed by atoms with Gasteiger partial charge in [0, 0.05) is 18.0 Å². The van der Waals surface area contributed by atoms with Crippen molar-refractivity contribution in [2.75, 3.05) is 5.73 Å². The maximum atomic E-state index is 8.89. The van der Waals surface area contributed by atoms with Gasteiger partial charge in [-0.3, -0.25) is 0 Å². The molecule has 1 aromatic heterocycles. The fraction of sp³-hybridized carbons (Fsp3) is 0.0909. The predicted molar refractivity (Wildman–Crippen MR) is 57.8 cm³/mol. The number of hydrogen-bond acceptors (Lipinski definition) is 4. The second-order valence-electron chi connectivity index (χ2n) is 3.18. The second-order valence-corrected chi connectivity index (χ2v) is 3.18. The monoisotopic (exact) mass is 201 g/mol. The van der Waals surface area contributed by atoms with E-state index in [9.17, 15) is 0 Å². The fourth-order valence-electron chi connectivity index (χ4n) is 1.29. The van der Waals surface area contributed by atoms with Gasteiger partial charge in [-0.05, 0) is 11.1 Å². The number of hydrogen-bond donors (Lipinski definition) is 2. The zero-order valence-corrected chi connectivity index (χ0v) is 8.09. The van der Waals surface area contributed by atoms with Gasteiger partial charge in [0.2, 0.25) is 5.95 Å². The molecule has 4 heteroatoms. The first-order valence-corrected chi connectivity index (χ1v) is 4.57. The van der Waals surface area contributed by atoms with Crippen LogP contribution in [0.2, 0.25) is 0 Å². The number of nitrogen functional groups attached to an aromatic ring is 1. The summed E-state index contributed by atoms with van der Waals surface area (Å²) in [5.74, 6) is 0.269. The molecule has 0 spiro atoms. The van der Waals surface area contributed by atoms with Gasteiger partial charge < -0.3 is 10.8 Å². The largest absolute Gasteiger partial charge is 0.392 e. The summed E-state index contributed by atoms with van der Waals surface area (Å²) in [6, 6.07) is 7.57. The van der Waals surface area contributed by atoms with Crippen molar-refractivity contribution in [2.45, 2.75) is 6.61 Å². The Kier molecular flexibility index (Phi) is 2.60. The van der Waals surface area contributed by atoms with Crippen LogP contribution in [0.1, 0.15) is 5.56 Å². The lowest BCUT2D eigenvalue weighted by Crippen LogP contribution is -1.93. The van der Waals surface area contributed by atoms with Crippen LogP contribution in [0.3, 0.4) is 0 Å². The van der Waals surface area contributed by atoms with Crippen LogP contribution in [-0.4, -0.2) is 15.1 Å². The number of nitrogens with zero attached hydrogens (tertiary/aromatic N) is 2. The van der Waals surface area contributed by atoms with Crippen molar-refractivity contribution in [3.63, 3.8) is 0 Å². The Balaban J connectivity index is 2.33. The Morgan fingerprint density at radius 3 is 2.13 bits per heavy atom. The summed E-state index contributed by atoms with van der Waals surface area (Å²) in [5.41, 5.74) is 8.20. The van der Waals surface area contributed by atoms with Gasteiger partial charge >= 0.3 is 0 Å². The highest BCUT2D eigenvalue weighted by atomic mass is 16.3. The average Bonchev–Trinajstić information content (AvgIpc) is 2.30. The van der Waals surface area contributed by atoms with E-state index in [0.29, 0.717) is 0 Å². The van der Waals surface area contributed by atoms with Gasteiger partial charge in [0.1, 0.15) is 0 Å². The molecule has 76 valence electrons. The molecule has 0 atom stereocenters. The van der Waals surface area contributed by atoms with Crippen molar-refractivity contribution in [3.8, 4) is 11.1 Å². The second kappa shape index (κ2) is 4.06. The van der Waals surface area contributed by atoms with E-state index in [0.717, 1.165) is 16.7 Å². The van der Waals surface area contributed by atoms with Crippen molar-refractivity contribution in [2.24, 2.45) is 0 Å². The number of aliphatic hydroxyl groups is 1. The molecule has 0 saturated carbocycles. The normalized spacial score (nSPS) is 10.2. The quantitative estimate of drug-likeness (QED) is 0.766. The Labute approximate surface area is 87.4 Å². The van der Waals surface area contributed by atoms with Gasteiger partial charge in [-0.2, -0.15) is 0 Å². The lowest BCUT2D eigenvalue weighted by molar-refractivity contribution is 0.282. The molecule has 4 nitrogen and oxygen atoms in total. The van der Waals surface area contributed by atoms with E-state index in [-0.39, 0.29) is 12.6 Å². The van der Waals surface area contributed by atoms with Crippen LogP contribution in [0.4, 0.5) is 5.95 Å². The van der Waals surface area contributed by atoms with Gasteiger partial charge in [0.05, 0.1) is 6.61 Å². The molecule has 0 bridgehead atoms. The van der Waals surface area contributed by atoms with E-state index < -0.39 is 0 Å². The number of rotatable bonds is 2. The zero-order chi connectivity index (χ0) is 10.7. The highest BCUT2D eigenvalue weighted by Gasteiger charge is 1.98. The van der Waals surface area contributed by atoms with Crippen LogP contribution < -0.4 is 5.73 Å². The first kappa shape index (κ1) is 9.61. The van der Waals surface area contributed by atoms with E-state index in [4.69, 9.17) is 10.8 Å². The smallest absolute Gasteiger partial charge is 0.219 e. The van der Waals surface area contributed by atoms with E-state index in [2.05, 4.69) is 9.97 Å². The molecule has 0 aliphatic carbocycles. The van der Waals surface area contributed by atoms with Gasteiger partial charge in [-0.25, -0.2) is 9.97 Å². The molecule has 0 unspecified atom stereocenters. The van der Waals surface area contributed by atoms with Crippen LogP contribution in [0.25, 0.3) is 11.1 Å². The van der Waals surface area contributed by atoms with Gasteiger partial charge in [-0.1, -0.05) is 24.3 Å². The lowest BCUT2D eigenvalue weighted by atomic mass is 10.1. The van der Waals surface area contributed by atoms with E-state index >= 15 is 0 Å². The summed E-state index contributed by atoms with van der Waals surface area (Å²) in [5, 5.41) is 8.89. The average molecular weight is 201 g/mol. The summed E-state index contributed by atoms with van der Waals surface area (Å²) in [7, 11) is 0. The Morgan fingerprint density at radius 2 is 1.60 bits per heavy atom. The number of benzene rings is 1. The van der Waals surface area contributed by atoms with Crippen LogP contribution in [0.15, 0.2) is 36.7 Å². The van der Waals surface area contributed by atoms with E-state index in [1.165, 1.54) is 0 Å². The molecule has 1 aromatic carbocycles. The Hall–Kier alpha value is -1.94. The minimum absolute atomic E-state index is 0.0541. The number of aromatic nitrogens is 2. The molecule has 0 fully saturated rings. The minimum Gasteiger partial charge on any atom is -0.392 e. The van der Waals surface area contributed by atoms with E-state index in [1.807, 2.05) is 24.3 Å². The molecule has 3 N–H and O–H groups in total. The van der Waals surface area contributed by atoms with Gasteiger partial charge in [0.25, 0.3) is 0 Å². The van der Waals surface area contributed by atoms with Crippen molar-refractivity contribution in [3.05, 3.63) is 42.2 Å². The van der Waals surface area contributed by atoms with E-state index in [1.54, 1.807) is 12.4 Å². The third-order valence-corrected chi connectivity index (χ3v) is 2.14. The number of aliphatic hydroxyl groups excluding tert-OH is 1. The maximum Gasteiger partial charge on any atom is 0.219 e. The summed E-state index contributed by atoms with van der Waals surface area (Å²) in [6.45, 7) is 0.0541. The lowest BCUT2D eigenvalue weighted by Gasteiger charge is -2.01. The summed E-state index contributed by atoms with van der Waals surface area (Å²) < 4.78 is 0. The topological polar surface area (TPSA) is 72.0 Å². The molecule has 2 rings (SSSR count). The zero-order valence-electron chi connectivity index (χ0n) is 8.09. The number of anilines is 1. The molecule has 15 heavy (non-hydrogen) atoms. The first-order chi connectivity index (χ1) is 7.29. The Bertz CT molecular complexity index is 436.